The summed E-state index contributed by atoms with van der Waals surface area (Å²) >= 11 is 4.13. The van der Waals surface area contributed by atoms with Crippen LogP contribution in [-0.2, 0) is 24.3 Å². The van der Waals surface area contributed by atoms with Crippen LogP contribution in [0.1, 0.15) is 40.0 Å². The van der Waals surface area contributed by atoms with Crippen LogP contribution in [0.25, 0.3) is 0 Å². The minimum atomic E-state index is -3.69. The Labute approximate surface area is 206 Å². The number of ether oxygens (including phenoxy) is 3. The molecule has 0 spiro atoms. The van der Waals surface area contributed by atoms with Crippen LogP contribution in [0.2, 0.25) is 0 Å². The summed E-state index contributed by atoms with van der Waals surface area (Å²) in [6, 6.07) is 2.93. The Bertz CT molecular complexity index is 965. The summed E-state index contributed by atoms with van der Waals surface area (Å²) in [5.74, 6) is 0.0741. The van der Waals surface area contributed by atoms with E-state index in [1.807, 2.05) is 0 Å². The van der Waals surface area contributed by atoms with Crippen molar-refractivity contribution in [3.63, 3.8) is 0 Å². The summed E-state index contributed by atoms with van der Waals surface area (Å²) in [5, 5.41) is 4.13. The van der Waals surface area contributed by atoms with Crippen molar-refractivity contribution in [2.45, 2.75) is 50.5 Å². The van der Waals surface area contributed by atoms with Crippen LogP contribution in [0.5, 0.6) is 5.88 Å². The Hall–Kier alpha value is -2.31. The molecule has 2 rings (SSSR count). The van der Waals surface area contributed by atoms with Crippen LogP contribution < -0.4 is 10.1 Å². The van der Waals surface area contributed by atoms with Gasteiger partial charge in [-0.25, -0.2) is 18.2 Å². The first-order valence-electron chi connectivity index (χ1n) is 10.9. The number of carbonyl (C=O) groups excluding carboxylic acids is 2. The maximum Gasteiger partial charge on any atom is 0.407 e. The highest BCUT2D eigenvalue weighted by Gasteiger charge is 2.30. The van der Waals surface area contributed by atoms with E-state index in [1.54, 1.807) is 20.8 Å². The molecule has 0 bridgehead atoms. The Morgan fingerprint density at radius 1 is 1.26 bits per heavy atom. The van der Waals surface area contributed by atoms with Crippen molar-refractivity contribution in [2.24, 2.45) is 5.92 Å². The fourth-order valence-electron chi connectivity index (χ4n) is 3.23. The number of nitrogens with one attached hydrogen (secondary N) is 1. The quantitative estimate of drug-likeness (QED) is 0.380. The van der Waals surface area contributed by atoms with Crippen LogP contribution >= 0.6 is 12.6 Å². The number of alkyl carbamates (subject to hydrolysis) is 1. The predicted octanol–water partition coefficient (Wildman–Crippen LogP) is 2.76. The van der Waals surface area contributed by atoms with Crippen molar-refractivity contribution < 1.29 is 32.2 Å². The molecule has 1 aromatic heterocycles. The third kappa shape index (κ3) is 8.80. The van der Waals surface area contributed by atoms with Crippen molar-refractivity contribution in [3.05, 3.63) is 29.3 Å². The van der Waals surface area contributed by atoms with Gasteiger partial charge in [-0.15, -0.1) is 0 Å². The smallest absolute Gasteiger partial charge is 0.407 e. The fraction of sp³-hybridized carbons (Fsp3) is 0.591. The normalized spacial score (nSPS) is 16.1. The Morgan fingerprint density at radius 2 is 1.94 bits per heavy atom. The Kier molecular flexibility index (Phi) is 10.2. The molecule has 190 valence electrons. The van der Waals surface area contributed by atoms with E-state index in [4.69, 9.17) is 9.47 Å². The molecular weight excluding hydrogens is 482 g/mol. The number of amides is 1. The lowest BCUT2D eigenvalue weighted by Crippen LogP contribution is -2.39. The predicted molar refractivity (Wildman–Crippen MR) is 129 cm³/mol. The van der Waals surface area contributed by atoms with E-state index >= 15 is 0 Å². The molecule has 1 aromatic rings. The number of pyridine rings is 1. The number of esters is 1. The Morgan fingerprint density at radius 3 is 2.47 bits per heavy atom. The van der Waals surface area contributed by atoms with E-state index in [-0.39, 0.29) is 35.8 Å². The molecular formula is C22H33N3O7S2. The summed E-state index contributed by atoms with van der Waals surface area (Å²) in [6.07, 6.45) is 2.20. The van der Waals surface area contributed by atoms with Gasteiger partial charge in [0.2, 0.25) is 15.9 Å². The second-order valence-electron chi connectivity index (χ2n) is 8.89. The lowest BCUT2D eigenvalue weighted by molar-refractivity contribution is -0.142. The number of piperidine rings is 1. The molecule has 0 aliphatic carbocycles. The van der Waals surface area contributed by atoms with Crippen LogP contribution in [0, 0.1) is 5.92 Å². The number of aromatic nitrogens is 1. The number of nitrogens with zero attached hydrogens (tertiary/aromatic N) is 2. The van der Waals surface area contributed by atoms with Gasteiger partial charge in [0.1, 0.15) is 17.1 Å². The monoisotopic (exact) mass is 515 g/mol. The number of hydrogen-bond donors (Lipinski definition) is 2. The lowest BCUT2D eigenvalue weighted by atomic mass is 9.95. The van der Waals surface area contributed by atoms with Crippen LogP contribution in [-0.4, -0.2) is 68.7 Å². The largest absolute Gasteiger partial charge is 0.473 e. The van der Waals surface area contributed by atoms with E-state index < -0.39 is 21.7 Å². The highest BCUT2D eigenvalue weighted by Crippen LogP contribution is 2.26. The van der Waals surface area contributed by atoms with Gasteiger partial charge in [0.25, 0.3) is 0 Å². The summed E-state index contributed by atoms with van der Waals surface area (Å²) in [5.41, 5.74) is 0.0682. The molecule has 0 aromatic carbocycles. The standard InChI is InChI=1S/C22H33N3O7S2/c1-22(2,3)32-21(27)24-12-17(15-33)14-31-19-6-5-18(13-23-19)34(28,29)25-9-7-16(8-10-25)11-20(26)30-4/h5-6,13,15-16,33H,7-12,14H2,1-4H3,(H,24,27)/b17-15+. The molecule has 1 amide bonds. The van der Waals surface area contributed by atoms with Gasteiger partial charge in [-0.2, -0.15) is 16.9 Å². The van der Waals surface area contributed by atoms with E-state index in [1.165, 1.54) is 35.2 Å². The van der Waals surface area contributed by atoms with Gasteiger partial charge in [0.05, 0.1) is 13.3 Å². The zero-order valence-electron chi connectivity index (χ0n) is 19.9. The lowest BCUT2D eigenvalue weighted by Gasteiger charge is -2.30. The second kappa shape index (κ2) is 12.4. The first kappa shape index (κ1) is 27.9. The molecule has 1 saturated heterocycles. The number of sulfonamides is 1. The number of rotatable bonds is 9. The molecule has 0 radical (unpaired) electrons. The molecule has 1 fully saturated rings. The highest BCUT2D eigenvalue weighted by molar-refractivity contribution is 7.89. The maximum absolute atomic E-state index is 12.9. The maximum atomic E-state index is 12.9. The topological polar surface area (TPSA) is 124 Å². The van der Waals surface area contributed by atoms with Gasteiger partial charge in [0, 0.05) is 32.1 Å². The molecule has 1 aliphatic heterocycles. The molecule has 10 nitrogen and oxygen atoms in total. The van der Waals surface area contributed by atoms with Gasteiger partial charge in [-0.05, 0) is 56.6 Å². The molecule has 0 saturated carbocycles. The summed E-state index contributed by atoms with van der Waals surface area (Å²) in [6.45, 7) is 6.27. The SMILES string of the molecule is COC(=O)CC1CCN(S(=O)(=O)c2ccc(OC/C(=C/S)CNC(=O)OC(C)(C)C)nc2)CC1. The number of thiol groups is 1. The third-order valence-corrected chi connectivity index (χ3v) is 7.30. The van der Waals surface area contributed by atoms with Gasteiger partial charge >= 0.3 is 12.1 Å². The van der Waals surface area contributed by atoms with E-state index in [0.29, 0.717) is 37.9 Å². The number of hydrogen-bond acceptors (Lipinski definition) is 9. The first-order valence-corrected chi connectivity index (χ1v) is 12.8. The minimum Gasteiger partial charge on any atom is -0.473 e. The molecule has 34 heavy (non-hydrogen) atoms. The van der Waals surface area contributed by atoms with E-state index in [9.17, 15) is 18.0 Å². The van der Waals surface area contributed by atoms with Crippen molar-refractivity contribution in [1.82, 2.24) is 14.6 Å². The van der Waals surface area contributed by atoms with Crippen LogP contribution in [0.3, 0.4) is 0 Å². The van der Waals surface area contributed by atoms with Crippen molar-refractivity contribution in [3.8, 4) is 5.88 Å². The fourth-order valence-corrected chi connectivity index (χ4v) is 4.81. The van der Waals surface area contributed by atoms with Gasteiger partial charge in [-0.3, -0.25) is 4.79 Å². The van der Waals surface area contributed by atoms with Gasteiger partial charge in [-0.1, -0.05) is 0 Å². The Balaban J connectivity index is 1.87. The zero-order valence-corrected chi connectivity index (χ0v) is 21.7. The van der Waals surface area contributed by atoms with E-state index in [0.717, 1.165) is 0 Å². The summed E-state index contributed by atoms with van der Waals surface area (Å²) < 4.78 is 42.7. The molecule has 0 unspecified atom stereocenters. The first-order chi connectivity index (χ1) is 15.9. The van der Waals surface area contributed by atoms with Crippen molar-refractivity contribution >= 4 is 34.7 Å². The second-order valence-corrected chi connectivity index (χ2v) is 11.1. The molecule has 12 heteroatoms. The van der Waals surface area contributed by atoms with Gasteiger partial charge < -0.3 is 19.5 Å². The average Bonchev–Trinajstić information content (AvgIpc) is 2.78. The van der Waals surface area contributed by atoms with Crippen molar-refractivity contribution in [2.75, 3.05) is 33.4 Å². The molecule has 1 N–H and O–H groups in total. The number of carbonyl (C=O) groups is 2. The molecule has 0 atom stereocenters. The van der Waals surface area contributed by atoms with Crippen LogP contribution in [0.4, 0.5) is 4.79 Å². The van der Waals surface area contributed by atoms with Gasteiger partial charge in [0.15, 0.2) is 0 Å². The summed E-state index contributed by atoms with van der Waals surface area (Å²) in [7, 11) is -2.35. The van der Waals surface area contributed by atoms with Crippen LogP contribution in [0.15, 0.2) is 34.2 Å². The highest BCUT2D eigenvalue weighted by atomic mass is 32.2. The third-order valence-electron chi connectivity index (χ3n) is 5.05. The molecule has 2 heterocycles. The average molecular weight is 516 g/mol. The molecule has 1 aliphatic rings. The number of methoxy groups -OCH3 is 1. The summed E-state index contributed by atoms with van der Waals surface area (Å²) in [4.78, 5) is 27.4. The van der Waals surface area contributed by atoms with E-state index in [2.05, 4.69) is 27.7 Å². The minimum absolute atomic E-state index is 0.0721. The zero-order chi connectivity index (χ0) is 25.4. The van der Waals surface area contributed by atoms with Crippen molar-refractivity contribution in [1.29, 1.82) is 0 Å².